The summed E-state index contributed by atoms with van der Waals surface area (Å²) in [5.74, 6) is -5.55. The Morgan fingerprint density at radius 1 is 1.36 bits per heavy atom. The normalized spacial score (nSPS) is 20.4. The highest BCUT2D eigenvalue weighted by molar-refractivity contribution is 5.91. The van der Waals surface area contributed by atoms with Crippen molar-refractivity contribution in [1.29, 1.82) is 0 Å². The Morgan fingerprint density at radius 2 is 2.00 bits per heavy atom. The Morgan fingerprint density at radius 3 is 2.48 bits per heavy atom. The number of amides is 2. The second-order valence-corrected chi connectivity index (χ2v) is 5.63. The van der Waals surface area contributed by atoms with Crippen molar-refractivity contribution in [2.24, 2.45) is 11.8 Å². The molecule has 1 heterocycles. The molecule has 0 saturated carbocycles. The van der Waals surface area contributed by atoms with Crippen molar-refractivity contribution in [3.8, 4) is 0 Å². The molecule has 2 rings (SSSR count). The van der Waals surface area contributed by atoms with Crippen LogP contribution >= 0.6 is 0 Å². The fourth-order valence-corrected chi connectivity index (χ4v) is 2.70. The van der Waals surface area contributed by atoms with Gasteiger partial charge in [0.2, 0.25) is 0 Å². The number of alkyl halides is 3. The number of likely N-dealkylation sites (tertiary alicyclic amines) is 1. The van der Waals surface area contributed by atoms with Gasteiger partial charge in [-0.05, 0) is 13.0 Å². The average Bonchev–Trinajstić information content (AvgIpc) is 2.94. The lowest BCUT2D eigenvalue weighted by molar-refractivity contribution is -0.385. The largest absolute Gasteiger partial charge is 0.481 e. The van der Waals surface area contributed by atoms with Gasteiger partial charge in [0.05, 0.1) is 28.0 Å². The highest BCUT2D eigenvalue weighted by Gasteiger charge is 2.53. The van der Waals surface area contributed by atoms with Gasteiger partial charge in [0, 0.05) is 19.2 Å². The van der Waals surface area contributed by atoms with Gasteiger partial charge in [-0.25, -0.2) is 4.79 Å². The number of carboxylic acids is 1. The molecule has 0 radical (unpaired) electrons. The van der Waals surface area contributed by atoms with Crippen LogP contribution in [0.1, 0.15) is 5.56 Å². The average molecular weight is 361 g/mol. The van der Waals surface area contributed by atoms with Crippen molar-refractivity contribution in [3.63, 3.8) is 0 Å². The third-order valence-corrected chi connectivity index (χ3v) is 4.09. The fraction of sp³-hybridized carbons (Fsp3) is 0.429. The minimum Gasteiger partial charge on any atom is -0.481 e. The van der Waals surface area contributed by atoms with Gasteiger partial charge >= 0.3 is 18.2 Å². The van der Waals surface area contributed by atoms with E-state index in [0.717, 1.165) is 4.90 Å². The van der Waals surface area contributed by atoms with Crippen LogP contribution in [0.3, 0.4) is 0 Å². The van der Waals surface area contributed by atoms with E-state index in [1.165, 1.54) is 25.1 Å². The first-order chi connectivity index (χ1) is 11.5. The summed E-state index contributed by atoms with van der Waals surface area (Å²) in [6, 6.07) is 2.97. The molecule has 136 valence electrons. The molecule has 25 heavy (non-hydrogen) atoms. The van der Waals surface area contributed by atoms with Crippen LogP contribution in [0, 0.1) is 28.9 Å². The fourth-order valence-electron chi connectivity index (χ4n) is 2.70. The molecule has 0 aliphatic carbocycles. The van der Waals surface area contributed by atoms with Crippen LogP contribution in [0.15, 0.2) is 18.2 Å². The zero-order valence-corrected chi connectivity index (χ0v) is 12.9. The van der Waals surface area contributed by atoms with Crippen LogP contribution in [-0.4, -0.2) is 46.2 Å². The van der Waals surface area contributed by atoms with Crippen molar-refractivity contribution < 1.29 is 32.8 Å². The first-order valence-electron chi connectivity index (χ1n) is 7.11. The third-order valence-electron chi connectivity index (χ3n) is 4.09. The first-order valence-corrected chi connectivity index (χ1v) is 7.11. The number of anilines is 1. The Labute approximate surface area is 139 Å². The molecule has 0 bridgehead atoms. The maximum atomic E-state index is 12.9. The van der Waals surface area contributed by atoms with Gasteiger partial charge in [-0.15, -0.1) is 0 Å². The van der Waals surface area contributed by atoms with Crippen LogP contribution in [0.4, 0.5) is 29.3 Å². The van der Waals surface area contributed by atoms with Crippen molar-refractivity contribution in [2.45, 2.75) is 13.1 Å². The summed E-state index contributed by atoms with van der Waals surface area (Å²) in [6.45, 7) is -0.00408. The van der Waals surface area contributed by atoms with Crippen LogP contribution in [0.5, 0.6) is 0 Å². The third kappa shape index (κ3) is 3.80. The summed E-state index contributed by atoms with van der Waals surface area (Å²) < 4.78 is 38.8. The summed E-state index contributed by atoms with van der Waals surface area (Å²) in [6.07, 6.45) is -4.75. The number of nitrogens with one attached hydrogen (secondary N) is 1. The molecule has 11 heteroatoms. The number of hydrogen-bond acceptors (Lipinski definition) is 4. The standard InChI is InChI=1S/C14H14F3N3O5/c1-7-10(3-2-4-11(7)20(24)25)18-13(23)19-5-8(12(21)22)9(6-19)14(15,16)17/h2-4,8-9H,5-6H2,1H3,(H,18,23)(H,21,22)/t8-,9-/m1/s1. The number of carbonyl (C=O) groups is 2. The molecular formula is C14H14F3N3O5. The van der Waals surface area contributed by atoms with E-state index in [4.69, 9.17) is 5.11 Å². The molecule has 1 aromatic carbocycles. The molecule has 1 aromatic rings. The number of aliphatic carboxylic acids is 1. The lowest BCUT2D eigenvalue weighted by Crippen LogP contribution is -2.35. The molecule has 0 spiro atoms. The summed E-state index contributed by atoms with van der Waals surface area (Å²) in [5.41, 5.74) is -0.0421. The summed E-state index contributed by atoms with van der Waals surface area (Å²) in [4.78, 5) is 34.2. The highest BCUT2D eigenvalue weighted by Crippen LogP contribution is 2.38. The first kappa shape index (κ1) is 18.5. The number of benzene rings is 1. The van der Waals surface area contributed by atoms with Crippen LogP contribution in [0.25, 0.3) is 0 Å². The summed E-state index contributed by atoms with van der Waals surface area (Å²) in [7, 11) is 0. The number of hydrogen-bond donors (Lipinski definition) is 2. The van der Waals surface area contributed by atoms with E-state index in [9.17, 15) is 32.9 Å². The molecule has 2 N–H and O–H groups in total. The molecule has 1 aliphatic heterocycles. The summed E-state index contributed by atoms with van der Waals surface area (Å²) >= 11 is 0. The van der Waals surface area contributed by atoms with Gasteiger partial charge in [0.15, 0.2) is 0 Å². The van der Waals surface area contributed by atoms with Gasteiger partial charge in [0.25, 0.3) is 5.69 Å². The van der Waals surface area contributed by atoms with Gasteiger partial charge in [-0.3, -0.25) is 14.9 Å². The molecule has 2 amide bonds. The molecule has 0 unspecified atom stereocenters. The van der Waals surface area contributed by atoms with Gasteiger partial charge in [-0.2, -0.15) is 13.2 Å². The van der Waals surface area contributed by atoms with Crippen molar-refractivity contribution in [3.05, 3.63) is 33.9 Å². The molecule has 1 aliphatic rings. The van der Waals surface area contributed by atoms with Crippen LogP contribution in [0.2, 0.25) is 0 Å². The number of nitrogens with zero attached hydrogens (tertiary/aromatic N) is 2. The minimum absolute atomic E-state index is 0.0709. The Balaban J connectivity index is 2.19. The van der Waals surface area contributed by atoms with E-state index in [0.29, 0.717) is 0 Å². The molecule has 1 saturated heterocycles. The van der Waals surface area contributed by atoms with Crippen LogP contribution in [-0.2, 0) is 4.79 Å². The van der Waals surface area contributed by atoms with E-state index in [1.54, 1.807) is 0 Å². The Bertz CT molecular complexity index is 722. The number of carboxylic acid groups (broad SMARTS) is 1. The second kappa shape index (κ2) is 6.57. The molecular weight excluding hydrogens is 347 g/mol. The van der Waals surface area contributed by atoms with Crippen molar-refractivity contribution in [1.82, 2.24) is 4.90 Å². The summed E-state index contributed by atoms with van der Waals surface area (Å²) in [5, 5.41) is 22.1. The second-order valence-electron chi connectivity index (χ2n) is 5.63. The number of nitro groups is 1. The number of carbonyl (C=O) groups excluding carboxylic acids is 1. The highest BCUT2D eigenvalue weighted by atomic mass is 19.4. The molecule has 8 nitrogen and oxygen atoms in total. The van der Waals surface area contributed by atoms with Gasteiger partial charge in [0.1, 0.15) is 0 Å². The molecule has 0 aromatic heterocycles. The van der Waals surface area contributed by atoms with E-state index in [2.05, 4.69) is 5.32 Å². The number of nitro benzene ring substituents is 1. The Hall–Kier alpha value is -2.85. The molecule has 2 atom stereocenters. The Kier molecular flexibility index (Phi) is 4.86. The van der Waals surface area contributed by atoms with Crippen molar-refractivity contribution >= 4 is 23.4 Å². The zero-order chi connectivity index (χ0) is 18.9. The lowest BCUT2D eigenvalue weighted by Gasteiger charge is -2.19. The quantitative estimate of drug-likeness (QED) is 0.635. The number of halogens is 3. The SMILES string of the molecule is Cc1c(NC(=O)N2C[C@@H](C(F)(F)F)[C@H](C(=O)O)C2)cccc1[N+](=O)[O-]. The van der Waals surface area contributed by atoms with Crippen LogP contribution < -0.4 is 5.32 Å². The predicted molar refractivity (Wildman–Crippen MR) is 79.1 cm³/mol. The topological polar surface area (TPSA) is 113 Å². The lowest BCUT2D eigenvalue weighted by atomic mass is 9.96. The maximum absolute atomic E-state index is 12.9. The zero-order valence-electron chi connectivity index (χ0n) is 12.9. The number of urea groups is 1. The minimum atomic E-state index is -4.75. The van der Waals surface area contributed by atoms with E-state index in [-0.39, 0.29) is 16.9 Å². The van der Waals surface area contributed by atoms with Gasteiger partial charge in [-0.1, -0.05) is 6.07 Å². The van der Waals surface area contributed by atoms with E-state index >= 15 is 0 Å². The predicted octanol–water partition coefficient (Wildman–Crippen LogP) is 2.63. The number of rotatable bonds is 3. The monoisotopic (exact) mass is 361 g/mol. The molecule has 1 fully saturated rings. The smallest absolute Gasteiger partial charge is 0.394 e. The van der Waals surface area contributed by atoms with Crippen molar-refractivity contribution in [2.75, 3.05) is 18.4 Å². The van der Waals surface area contributed by atoms with Gasteiger partial charge < -0.3 is 15.3 Å². The maximum Gasteiger partial charge on any atom is 0.394 e. The van der Waals surface area contributed by atoms with E-state index < -0.39 is 48.0 Å². The van der Waals surface area contributed by atoms with E-state index in [1.807, 2.05) is 0 Å².